The van der Waals surface area contributed by atoms with Crippen molar-refractivity contribution in [1.82, 2.24) is 14.7 Å². The minimum Gasteiger partial charge on any atom is -0.456 e. The van der Waals surface area contributed by atoms with Crippen molar-refractivity contribution in [2.45, 2.75) is 45.2 Å². The molecule has 0 saturated carbocycles. The van der Waals surface area contributed by atoms with Crippen molar-refractivity contribution in [3.8, 4) is 0 Å². The first-order valence-corrected chi connectivity index (χ1v) is 7.65. The van der Waals surface area contributed by atoms with Gasteiger partial charge in [-0.2, -0.15) is 5.10 Å². The fraction of sp³-hybridized carbons (Fsp3) is 0.500. The summed E-state index contributed by atoms with van der Waals surface area (Å²) in [5.41, 5.74) is 0. The average Bonchev–Trinajstić information content (AvgIpc) is 3.18. The van der Waals surface area contributed by atoms with Crippen LogP contribution in [-0.4, -0.2) is 33.2 Å². The molecule has 2 aromatic heterocycles. The van der Waals surface area contributed by atoms with E-state index in [9.17, 15) is 4.79 Å². The van der Waals surface area contributed by atoms with Gasteiger partial charge >= 0.3 is 0 Å². The van der Waals surface area contributed by atoms with Gasteiger partial charge in [0.15, 0.2) is 5.76 Å². The van der Waals surface area contributed by atoms with Crippen molar-refractivity contribution < 1.29 is 9.21 Å². The second kappa shape index (κ2) is 6.16. The van der Waals surface area contributed by atoms with Gasteiger partial charge in [-0.15, -0.1) is 0 Å². The fourth-order valence-electron chi connectivity index (χ4n) is 2.91. The highest BCUT2D eigenvalue weighted by Gasteiger charge is 2.29. The third kappa shape index (κ3) is 3.01. The van der Waals surface area contributed by atoms with Crippen LogP contribution in [0.15, 0.2) is 35.0 Å². The molecule has 1 aliphatic rings. The number of likely N-dealkylation sites (tertiary alicyclic amines) is 1. The molecule has 5 heteroatoms. The first-order chi connectivity index (χ1) is 10.3. The molecule has 21 heavy (non-hydrogen) atoms. The molecule has 0 bridgehead atoms. The molecule has 0 aliphatic carbocycles. The minimum atomic E-state index is 0.00607. The number of hydrogen-bond acceptors (Lipinski definition) is 3. The third-order valence-electron chi connectivity index (χ3n) is 4.07. The van der Waals surface area contributed by atoms with E-state index in [0.29, 0.717) is 5.76 Å². The van der Waals surface area contributed by atoms with Gasteiger partial charge in [0.25, 0.3) is 5.91 Å². The highest BCUT2D eigenvalue weighted by atomic mass is 16.4. The van der Waals surface area contributed by atoms with Gasteiger partial charge in [-0.3, -0.25) is 9.48 Å². The molecule has 1 aliphatic heterocycles. The molecule has 0 aromatic carbocycles. The Bertz CT molecular complexity index is 588. The topological polar surface area (TPSA) is 51.3 Å². The Hall–Kier alpha value is -2.04. The summed E-state index contributed by atoms with van der Waals surface area (Å²) < 4.78 is 7.52. The second-order valence-corrected chi connectivity index (χ2v) is 5.50. The van der Waals surface area contributed by atoms with Gasteiger partial charge < -0.3 is 9.32 Å². The average molecular weight is 287 g/mol. The van der Waals surface area contributed by atoms with Crippen LogP contribution in [0.3, 0.4) is 0 Å². The van der Waals surface area contributed by atoms with Crippen molar-refractivity contribution in [3.05, 3.63) is 42.1 Å². The molecule has 1 amide bonds. The summed E-state index contributed by atoms with van der Waals surface area (Å²) in [6, 6.07) is 5.79. The number of aryl methyl sites for hydroxylation is 1. The van der Waals surface area contributed by atoms with Gasteiger partial charge in [0.2, 0.25) is 0 Å². The molecule has 5 nitrogen and oxygen atoms in total. The molecule has 0 unspecified atom stereocenters. The van der Waals surface area contributed by atoms with Crippen molar-refractivity contribution in [2.75, 3.05) is 6.54 Å². The zero-order chi connectivity index (χ0) is 14.7. The maximum atomic E-state index is 12.7. The lowest BCUT2D eigenvalue weighted by Crippen LogP contribution is -2.45. The van der Waals surface area contributed by atoms with E-state index in [0.717, 1.165) is 44.5 Å². The van der Waals surface area contributed by atoms with E-state index in [1.165, 1.54) is 0 Å². The highest BCUT2D eigenvalue weighted by molar-refractivity contribution is 5.91. The Morgan fingerprint density at radius 2 is 2.33 bits per heavy atom. The molecule has 2 aromatic rings. The molecule has 0 spiro atoms. The first kappa shape index (κ1) is 13.9. The monoisotopic (exact) mass is 287 g/mol. The lowest BCUT2D eigenvalue weighted by atomic mass is 10.0. The standard InChI is InChI=1S/C16H21N3O2/c1-2-14-7-8-15(21-14)16(20)19-11-4-3-6-13(19)12-18-10-5-9-17-18/h5,7-10,13H,2-4,6,11-12H2,1H3/t13-/m1/s1. The normalized spacial score (nSPS) is 18.9. The molecule has 1 atom stereocenters. The fourth-order valence-corrected chi connectivity index (χ4v) is 2.91. The van der Waals surface area contributed by atoms with E-state index < -0.39 is 0 Å². The molecule has 1 saturated heterocycles. The molecule has 3 rings (SSSR count). The summed E-state index contributed by atoms with van der Waals surface area (Å²) in [4.78, 5) is 14.6. The summed E-state index contributed by atoms with van der Waals surface area (Å²) in [5.74, 6) is 1.32. The number of carbonyl (C=O) groups excluding carboxylic acids is 1. The molecule has 112 valence electrons. The van der Waals surface area contributed by atoms with Crippen molar-refractivity contribution in [3.63, 3.8) is 0 Å². The Morgan fingerprint density at radius 1 is 1.43 bits per heavy atom. The molecule has 3 heterocycles. The summed E-state index contributed by atoms with van der Waals surface area (Å²) >= 11 is 0. The van der Waals surface area contributed by atoms with E-state index in [2.05, 4.69) is 5.10 Å². The van der Waals surface area contributed by atoms with E-state index in [1.807, 2.05) is 34.8 Å². The van der Waals surface area contributed by atoms with E-state index in [4.69, 9.17) is 4.42 Å². The minimum absolute atomic E-state index is 0.00607. The molecule has 0 N–H and O–H groups in total. The largest absolute Gasteiger partial charge is 0.456 e. The third-order valence-corrected chi connectivity index (χ3v) is 4.07. The van der Waals surface area contributed by atoms with E-state index >= 15 is 0 Å². The zero-order valence-corrected chi connectivity index (χ0v) is 12.4. The number of carbonyl (C=O) groups is 1. The lowest BCUT2D eigenvalue weighted by molar-refractivity contribution is 0.0550. The SMILES string of the molecule is CCc1ccc(C(=O)N2CCCC[C@@H]2Cn2cccn2)o1. The highest BCUT2D eigenvalue weighted by Crippen LogP contribution is 2.22. The number of nitrogens with zero attached hydrogens (tertiary/aromatic N) is 3. The van der Waals surface area contributed by atoms with Gasteiger partial charge in [-0.25, -0.2) is 0 Å². The maximum absolute atomic E-state index is 12.7. The first-order valence-electron chi connectivity index (χ1n) is 7.65. The molecule has 0 radical (unpaired) electrons. The van der Waals surface area contributed by atoms with Gasteiger partial charge in [0.05, 0.1) is 12.6 Å². The summed E-state index contributed by atoms with van der Waals surface area (Å²) in [7, 11) is 0. The smallest absolute Gasteiger partial charge is 0.289 e. The van der Waals surface area contributed by atoms with Crippen molar-refractivity contribution in [1.29, 1.82) is 0 Å². The maximum Gasteiger partial charge on any atom is 0.289 e. The van der Waals surface area contributed by atoms with Crippen LogP contribution in [-0.2, 0) is 13.0 Å². The van der Waals surface area contributed by atoms with Crippen molar-refractivity contribution in [2.24, 2.45) is 0 Å². The number of piperidine rings is 1. The number of hydrogen-bond donors (Lipinski definition) is 0. The van der Waals surface area contributed by atoms with Crippen LogP contribution in [0, 0.1) is 0 Å². The summed E-state index contributed by atoms with van der Waals surface area (Å²) in [6.45, 7) is 3.57. The van der Waals surface area contributed by atoms with Crippen LogP contribution >= 0.6 is 0 Å². The Kier molecular flexibility index (Phi) is 4.08. The predicted octanol–water partition coefficient (Wildman–Crippen LogP) is 2.73. The van der Waals surface area contributed by atoms with E-state index in [1.54, 1.807) is 12.3 Å². The number of aromatic nitrogens is 2. The molecular weight excluding hydrogens is 266 g/mol. The van der Waals surface area contributed by atoms with Crippen LogP contribution in [0.5, 0.6) is 0 Å². The zero-order valence-electron chi connectivity index (χ0n) is 12.4. The second-order valence-electron chi connectivity index (χ2n) is 5.50. The van der Waals surface area contributed by atoms with Gasteiger partial charge in [-0.1, -0.05) is 6.92 Å². The van der Waals surface area contributed by atoms with Crippen molar-refractivity contribution >= 4 is 5.91 Å². The Balaban J connectivity index is 1.75. The van der Waals surface area contributed by atoms with Crippen LogP contribution in [0.1, 0.15) is 42.5 Å². The van der Waals surface area contributed by atoms with Gasteiger partial charge in [0.1, 0.15) is 5.76 Å². The van der Waals surface area contributed by atoms with Gasteiger partial charge in [-0.05, 0) is 37.5 Å². The Labute approximate surface area is 124 Å². The molecular formula is C16H21N3O2. The predicted molar refractivity (Wildman–Crippen MR) is 79.0 cm³/mol. The van der Waals surface area contributed by atoms with Crippen LogP contribution in [0.25, 0.3) is 0 Å². The van der Waals surface area contributed by atoms with E-state index in [-0.39, 0.29) is 11.9 Å². The Morgan fingerprint density at radius 3 is 3.05 bits per heavy atom. The van der Waals surface area contributed by atoms with Crippen LogP contribution < -0.4 is 0 Å². The lowest BCUT2D eigenvalue weighted by Gasteiger charge is -2.35. The van der Waals surface area contributed by atoms with Crippen LogP contribution in [0.4, 0.5) is 0 Å². The number of furan rings is 1. The van der Waals surface area contributed by atoms with Gasteiger partial charge in [0, 0.05) is 25.4 Å². The quantitative estimate of drug-likeness (QED) is 0.868. The van der Waals surface area contributed by atoms with Crippen LogP contribution in [0.2, 0.25) is 0 Å². The number of amides is 1. The number of rotatable bonds is 4. The molecule has 1 fully saturated rings. The summed E-state index contributed by atoms with van der Waals surface area (Å²) in [6.07, 6.45) is 7.77. The summed E-state index contributed by atoms with van der Waals surface area (Å²) in [5, 5.41) is 4.25.